The molecule has 0 spiro atoms. The molecule has 0 aliphatic heterocycles. The van der Waals surface area contributed by atoms with Gasteiger partial charge in [-0.05, 0) is 35.9 Å². The van der Waals surface area contributed by atoms with Gasteiger partial charge in [0.2, 0.25) is 5.95 Å². The molecule has 0 aliphatic carbocycles. The fourth-order valence-corrected chi connectivity index (χ4v) is 3.35. The lowest BCUT2D eigenvalue weighted by Crippen LogP contribution is -2.04. The Morgan fingerprint density at radius 2 is 1.79 bits per heavy atom. The standard InChI is InChI=1S/C18H14F4N4OS/c1-28(23,27)9-10-4-12(20)6-13(5-10)25-18-24-8-16(22)17(26-18)14-3-2-11(19)7-15(14)21/h2-8,23H,9H2,1H3,(H,24,25,26)/t28-/m0/s1. The summed E-state index contributed by atoms with van der Waals surface area (Å²) in [5, 5.41) is 2.66. The minimum Gasteiger partial charge on any atom is -0.324 e. The van der Waals surface area contributed by atoms with Gasteiger partial charge in [0.25, 0.3) is 0 Å². The van der Waals surface area contributed by atoms with E-state index in [4.69, 9.17) is 4.78 Å². The van der Waals surface area contributed by atoms with Crippen LogP contribution in [-0.2, 0) is 15.5 Å². The predicted molar refractivity (Wildman–Crippen MR) is 97.5 cm³/mol. The van der Waals surface area contributed by atoms with Crippen LogP contribution in [-0.4, -0.2) is 20.4 Å². The quantitative estimate of drug-likeness (QED) is 0.602. The van der Waals surface area contributed by atoms with E-state index >= 15 is 0 Å². The van der Waals surface area contributed by atoms with Crippen molar-refractivity contribution in [2.75, 3.05) is 11.6 Å². The Morgan fingerprint density at radius 1 is 1.04 bits per heavy atom. The Kier molecular flexibility index (Phi) is 5.32. The van der Waals surface area contributed by atoms with Crippen LogP contribution >= 0.6 is 0 Å². The smallest absolute Gasteiger partial charge is 0.227 e. The molecule has 1 atom stereocenters. The molecule has 0 saturated heterocycles. The highest BCUT2D eigenvalue weighted by molar-refractivity contribution is 7.90. The maximum atomic E-state index is 14.1. The largest absolute Gasteiger partial charge is 0.324 e. The molecular weight excluding hydrogens is 396 g/mol. The Bertz CT molecular complexity index is 1150. The van der Waals surface area contributed by atoms with Crippen molar-refractivity contribution in [1.29, 1.82) is 4.78 Å². The molecule has 0 aliphatic rings. The summed E-state index contributed by atoms with van der Waals surface area (Å²) in [6.07, 6.45) is 2.04. The second-order valence-electron chi connectivity index (χ2n) is 6.14. The molecule has 3 aromatic rings. The van der Waals surface area contributed by atoms with Crippen LogP contribution in [0.3, 0.4) is 0 Å². The molecule has 2 aromatic carbocycles. The molecule has 0 fully saturated rings. The predicted octanol–water partition coefficient (Wildman–Crippen LogP) is 4.62. The van der Waals surface area contributed by atoms with Gasteiger partial charge in [-0.3, -0.25) is 4.78 Å². The average Bonchev–Trinajstić information content (AvgIpc) is 2.55. The van der Waals surface area contributed by atoms with Crippen LogP contribution in [0.4, 0.5) is 29.2 Å². The van der Waals surface area contributed by atoms with Crippen LogP contribution in [0.2, 0.25) is 0 Å². The number of anilines is 2. The molecule has 0 saturated carbocycles. The van der Waals surface area contributed by atoms with Crippen LogP contribution in [0.15, 0.2) is 42.6 Å². The number of hydrogen-bond acceptors (Lipinski definition) is 5. The summed E-state index contributed by atoms with van der Waals surface area (Å²) in [6, 6.07) is 6.32. The van der Waals surface area contributed by atoms with E-state index < -0.39 is 38.7 Å². The summed E-state index contributed by atoms with van der Waals surface area (Å²) in [6.45, 7) is 0. The van der Waals surface area contributed by atoms with E-state index in [-0.39, 0.29) is 23.0 Å². The van der Waals surface area contributed by atoms with Crippen LogP contribution in [0.25, 0.3) is 11.3 Å². The first-order chi connectivity index (χ1) is 13.1. The van der Waals surface area contributed by atoms with Gasteiger partial charge < -0.3 is 5.32 Å². The highest BCUT2D eigenvalue weighted by Crippen LogP contribution is 2.26. The molecule has 146 valence electrons. The van der Waals surface area contributed by atoms with Gasteiger partial charge in [0, 0.05) is 33.3 Å². The van der Waals surface area contributed by atoms with E-state index in [2.05, 4.69) is 15.3 Å². The zero-order chi connectivity index (χ0) is 20.5. The normalized spacial score (nSPS) is 13.2. The first-order valence-electron chi connectivity index (χ1n) is 7.86. The average molecular weight is 410 g/mol. The van der Waals surface area contributed by atoms with Crippen molar-refractivity contribution in [3.63, 3.8) is 0 Å². The van der Waals surface area contributed by atoms with Crippen molar-refractivity contribution in [3.8, 4) is 11.3 Å². The summed E-state index contributed by atoms with van der Waals surface area (Å²) < 4.78 is 74.0. The van der Waals surface area contributed by atoms with Crippen molar-refractivity contribution < 1.29 is 21.8 Å². The van der Waals surface area contributed by atoms with E-state index in [0.717, 1.165) is 30.5 Å². The maximum absolute atomic E-state index is 14.1. The summed E-state index contributed by atoms with van der Waals surface area (Å²) in [5.41, 5.74) is -0.161. The molecule has 2 N–H and O–H groups in total. The zero-order valence-corrected chi connectivity index (χ0v) is 15.3. The third kappa shape index (κ3) is 4.83. The van der Waals surface area contributed by atoms with Gasteiger partial charge in [-0.1, -0.05) is 0 Å². The number of benzene rings is 2. The first-order valence-corrected chi connectivity index (χ1v) is 10.0. The SMILES string of the molecule is C[S@](=N)(=O)Cc1cc(F)cc(Nc2ncc(F)c(-c3ccc(F)cc3F)n2)c1. The van der Waals surface area contributed by atoms with E-state index in [1.807, 2.05) is 0 Å². The Labute approximate surface area is 158 Å². The summed E-state index contributed by atoms with van der Waals surface area (Å²) >= 11 is 0. The van der Waals surface area contributed by atoms with Crippen molar-refractivity contribution in [1.82, 2.24) is 9.97 Å². The maximum Gasteiger partial charge on any atom is 0.227 e. The van der Waals surface area contributed by atoms with Crippen molar-refractivity contribution in [2.45, 2.75) is 5.75 Å². The topological polar surface area (TPSA) is 78.7 Å². The van der Waals surface area contributed by atoms with Crippen molar-refractivity contribution in [3.05, 3.63) is 71.4 Å². The Hall–Kier alpha value is -3.01. The molecule has 1 aromatic heterocycles. The lowest BCUT2D eigenvalue weighted by molar-refractivity contribution is 0.580. The van der Waals surface area contributed by atoms with Crippen LogP contribution < -0.4 is 5.32 Å². The number of aromatic nitrogens is 2. The van der Waals surface area contributed by atoms with Gasteiger partial charge in [-0.2, -0.15) is 0 Å². The number of rotatable bonds is 5. The minimum absolute atomic E-state index is 0.153. The fraction of sp³-hybridized carbons (Fsp3) is 0.111. The fourth-order valence-electron chi connectivity index (χ4n) is 2.55. The van der Waals surface area contributed by atoms with Crippen molar-refractivity contribution >= 4 is 21.4 Å². The molecule has 0 radical (unpaired) electrons. The van der Waals surface area contributed by atoms with Gasteiger partial charge in [0.05, 0.1) is 11.9 Å². The van der Waals surface area contributed by atoms with E-state index in [1.54, 1.807) is 0 Å². The van der Waals surface area contributed by atoms with Gasteiger partial charge in [0.1, 0.15) is 23.1 Å². The Balaban J connectivity index is 1.96. The number of halogens is 4. The summed E-state index contributed by atoms with van der Waals surface area (Å²) in [7, 11) is -2.89. The van der Waals surface area contributed by atoms with Crippen LogP contribution in [0.5, 0.6) is 0 Å². The minimum atomic E-state index is -2.89. The highest BCUT2D eigenvalue weighted by Gasteiger charge is 2.15. The first kappa shape index (κ1) is 19.7. The summed E-state index contributed by atoms with van der Waals surface area (Å²) in [5.74, 6) is -3.69. The van der Waals surface area contributed by atoms with Crippen LogP contribution in [0, 0.1) is 28.0 Å². The highest BCUT2D eigenvalue weighted by atomic mass is 32.2. The number of nitrogens with one attached hydrogen (secondary N) is 2. The molecule has 1 heterocycles. The van der Waals surface area contributed by atoms with Gasteiger partial charge >= 0.3 is 0 Å². The molecule has 28 heavy (non-hydrogen) atoms. The van der Waals surface area contributed by atoms with Gasteiger partial charge in [0.15, 0.2) is 5.82 Å². The van der Waals surface area contributed by atoms with Crippen LogP contribution in [0.1, 0.15) is 5.56 Å². The lowest BCUT2D eigenvalue weighted by atomic mass is 10.1. The Morgan fingerprint density at radius 3 is 2.46 bits per heavy atom. The number of nitrogens with zero attached hydrogens (tertiary/aromatic N) is 2. The summed E-state index contributed by atoms with van der Waals surface area (Å²) in [4.78, 5) is 7.62. The van der Waals surface area contributed by atoms with Crippen molar-refractivity contribution in [2.24, 2.45) is 0 Å². The molecule has 0 bridgehead atoms. The third-order valence-corrected chi connectivity index (χ3v) is 4.47. The zero-order valence-electron chi connectivity index (χ0n) is 14.5. The molecule has 5 nitrogen and oxygen atoms in total. The second-order valence-corrected chi connectivity index (χ2v) is 8.44. The van der Waals surface area contributed by atoms with E-state index in [0.29, 0.717) is 11.6 Å². The molecule has 0 amide bonds. The van der Waals surface area contributed by atoms with E-state index in [9.17, 15) is 21.8 Å². The molecular formula is C18H14F4N4OS. The van der Waals surface area contributed by atoms with Gasteiger partial charge in [-0.25, -0.2) is 31.7 Å². The third-order valence-electron chi connectivity index (χ3n) is 3.59. The molecule has 3 rings (SSSR count). The number of hydrogen-bond donors (Lipinski definition) is 2. The molecule has 0 unspecified atom stereocenters. The lowest BCUT2D eigenvalue weighted by Gasteiger charge is -2.10. The monoisotopic (exact) mass is 410 g/mol. The molecule has 10 heteroatoms. The van der Waals surface area contributed by atoms with E-state index in [1.165, 1.54) is 12.3 Å². The van der Waals surface area contributed by atoms with Gasteiger partial charge in [-0.15, -0.1) is 0 Å². The second kappa shape index (κ2) is 7.55.